The fourth-order valence-electron chi connectivity index (χ4n) is 3.64. The van der Waals surface area contributed by atoms with Crippen molar-refractivity contribution in [3.63, 3.8) is 0 Å². The summed E-state index contributed by atoms with van der Waals surface area (Å²) in [5.41, 5.74) is 5.87. The van der Waals surface area contributed by atoms with Crippen LogP contribution in [-0.4, -0.2) is 0 Å². The first kappa shape index (κ1) is 13.4. The van der Waals surface area contributed by atoms with E-state index in [-0.39, 0.29) is 0 Å². The van der Waals surface area contributed by atoms with E-state index < -0.39 is 0 Å². The Labute approximate surface area is 122 Å². The average Bonchev–Trinajstić information content (AvgIpc) is 2.47. The van der Waals surface area contributed by atoms with E-state index in [4.69, 9.17) is 0 Å². The Morgan fingerprint density at radius 3 is 1.70 bits per heavy atom. The minimum atomic E-state index is 0.745. The van der Waals surface area contributed by atoms with Crippen LogP contribution in [0.2, 0.25) is 0 Å². The normalized spacial score (nSPS) is 22.7. The van der Waals surface area contributed by atoms with Gasteiger partial charge in [0.15, 0.2) is 0 Å². The van der Waals surface area contributed by atoms with E-state index in [1.54, 1.807) is 11.1 Å². The van der Waals surface area contributed by atoms with Crippen LogP contribution in [0.5, 0.6) is 0 Å². The van der Waals surface area contributed by atoms with Crippen LogP contribution in [0.15, 0.2) is 48.5 Å². The first-order chi connectivity index (χ1) is 9.72. The van der Waals surface area contributed by atoms with Crippen LogP contribution in [0.25, 0.3) is 0 Å². The third kappa shape index (κ3) is 2.95. The van der Waals surface area contributed by atoms with E-state index in [0.717, 1.165) is 11.8 Å². The van der Waals surface area contributed by atoms with Gasteiger partial charge in [-0.05, 0) is 56.1 Å². The summed E-state index contributed by atoms with van der Waals surface area (Å²) >= 11 is 0. The zero-order valence-corrected chi connectivity index (χ0v) is 12.6. The standard InChI is InChI=1S/C20H24/c1-15-6-3-8-17(12-15)19-10-5-11-20(14-19)18-9-4-7-16(2)13-18/h3-4,6-9,12-13,19-20H,5,10-11,14H2,1-2H3/t19-,20+. The molecule has 20 heavy (non-hydrogen) atoms. The molecule has 1 aliphatic rings. The van der Waals surface area contributed by atoms with E-state index in [1.807, 2.05) is 0 Å². The lowest BCUT2D eigenvalue weighted by molar-refractivity contribution is 0.394. The van der Waals surface area contributed by atoms with Gasteiger partial charge in [0, 0.05) is 0 Å². The van der Waals surface area contributed by atoms with Gasteiger partial charge < -0.3 is 0 Å². The van der Waals surface area contributed by atoms with Gasteiger partial charge >= 0.3 is 0 Å². The molecule has 1 aliphatic carbocycles. The number of rotatable bonds is 2. The van der Waals surface area contributed by atoms with Crippen molar-refractivity contribution in [2.75, 3.05) is 0 Å². The van der Waals surface area contributed by atoms with Crippen LogP contribution in [0.4, 0.5) is 0 Å². The van der Waals surface area contributed by atoms with Crippen molar-refractivity contribution >= 4 is 0 Å². The Morgan fingerprint density at radius 2 is 1.25 bits per heavy atom. The molecule has 3 rings (SSSR count). The zero-order valence-electron chi connectivity index (χ0n) is 12.6. The molecule has 0 N–H and O–H groups in total. The summed E-state index contributed by atoms with van der Waals surface area (Å²) in [6.45, 7) is 4.40. The highest BCUT2D eigenvalue weighted by Crippen LogP contribution is 2.41. The van der Waals surface area contributed by atoms with Gasteiger partial charge in [-0.2, -0.15) is 0 Å². The monoisotopic (exact) mass is 264 g/mol. The smallest absolute Gasteiger partial charge is 0.0156 e. The van der Waals surface area contributed by atoms with Gasteiger partial charge in [0.25, 0.3) is 0 Å². The van der Waals surface area contributed by atoms with Crippen molar-refractivity contribution in [1.29, 1.82) is 0 Å². The van der Waals surface area contributed by atoms with Gasteiger partial charge in [-0.25, -0.2) is 0 Å². The largest absolute Gasteiger partial charge is 0.0617 e. The Hall–Kier alpha value is -1.56. The number of benzene rings is 2. The Kier molecular flexibility index (Phi) is 3.91. The van der Waals surface area contributed by atoms with Gasteiger partial charge in [-0.1, -0.05) is 66.1 Å². The molecular formula is C20H24. The first-order valence-electron chi connectivity index (χ1n) is 7.85. The number of hydrogen-bond acceptors (Lipinski definition) is 0. The number of aryl methyl sites for hydroxylation is 2. The van der Waals surface area contributed by atoms with Crippen LogP contribution in [0.1, 0.15) is 59.8 Å². The topological polar surface area (TPSA) is 0 Å². The van der Waals surface area contributed by atoms with Gasteiger partial charge in [-0.3, -0.25) is 0 Å². The lowest BCUT2D eigenvalue weighted by atomic mass is 9.75. The molecule has 0 heterocycles. The molecule has 0 amide bonds. The highest BCUT2D eigenvalue weighted by atomic mass is 14.3. The van der Waals surface area contributed by atoms with Crippen LogP contribution in [0, 0.1) is 13.8 Å². The molecule has 0 nitrogen and oxygen atoms in total. The summed E-state index contributed by atoms with van der Waals surface area (Å²) in [7, 11) is 0. The Balaban J connectivity index is 1.80. The van der Waals surface area contributed by atoms with E-state index in [2.05, 4.69) is 62.4 Å². The first-order valence-corrected chi connectivity index (χ1v) is 7.85. The lowest BCUT2D eigenvalue weighted by Gasteiger charge is -2.30. The molecule has 0 aliphatic heterocycles. The maximum Gasteiger partial charge on any atom is -0.0156 e. The van der Waals surface area contributed by atoms with Gasteiger partial charge in [0.2, 0.25) is 0 Å². The quantitative estimate of drug-likeness (QED) is 0.648. The molecule has 1 fully saturated rings. The molecule has 1 saturated carbocycles. The van der Waals surface area contributed by atoms with Crippen molar-refractivity contribution < 1.29 is 0 Å². The summed E-state index contributed by atoms with van der Waals surface area (Å²) in [5, 5.41) is 0. The highest BCUT2D eigenvalue weighted by Gasteiger charge is 2.24. The third-order valence-corrected chi connectivity index (χ3v) is 4.70. The molecule has 0 bridgehead atoms. The van der Waals surface area contributed by atoms with E-state index in [0.29, 0.717) is 0 Å². The van der Waals surface area contributed by atoms with Crippen molar-refractivity contribution in [2.24, 2.45) is 0 Å². The third-order valence-electron chi connectivity index (χ3n) is 4.70. The molecular weight excluding hydrogens is 240 g/mol. The molecule has 0 unspecified atom stereocenters. The molecule has 104 valence electrons. The molecule has 0 radical (unpaired) electrons. The minimum Gasteiger partial charge on any atom is -0.0617 e. The average molecular weight is 264 g/mol. The fourth-order valence-corrected chi connectivity index (χ4v) is 3.64. The predicted octanol–water partition coefficient (Wildman–Crippen LogP) is 5.74. The Morgan fingerprint density at radius 1 is 0.750 bits per heavy atom. The van der Waals surface area contributed by atoms with Crippen LogP contribution < -0.4 is 0 Å². The summed E-state index contributed by atoms with van der Waals surface area (Å²) in [6, 6.07) is 18.2. The van der Waals surface area contributed by atoms with Crippen LogP contribution >= 0.6 is 0 Å². The van der Waals surface area contributed by atoms with Crippen molar-refractivity contribution in [1.82, 2.24) is 0 Å². The second-order valence-corrected chi connectivity index (χ2v) is 6.39. The molecule has 2 aromatic carbocycles. The van der Waals surface area contributed by atoms with E-state index in [1.165, 1.54) is 36.8 Å². The summed E-state index contributed by atoms with van der Waals surface area (Å²) in [6.07, 6.45) is 5.38. The predicted molar refractivity (Wildman–Crippen MR) is 86.3 cm³/mol. The fraction of sp³-hybridized carbons (Fsp3) is 0.400. The SMILES string of the molecule is Cc1cccc([C@@H]2CCC[C@H](c3cccc(C)c3)C2)c1. The molecule has 0 saturated heterocycles. The lowest BCUT2D eigenvalue weighted by Crippen LogP contribution is -2.13. The van der Waals surface area contributed by atoms with Crippen molar-refractivity contribution in [3.8, 4) is 0 Å². The van der Waals surface area contributed by atoms with Crippen LogP contribution in [-0.2, 0) is 0 Å². The highest BCUT2D eigenvalue weighted by molar-refractivity contribution is 5.29. The van der Waals surface area contributed by atoms with Crippen molar-refractivity contribution in [3.05, 3.63) is 70.8 Å². The molecule has 0 spiro atoms. The zero-order chi connectivity index (χ0) is 13.9. The number of hydrogen-bond donors (Lipinski definition) is 0. The molecule has 0 heteroatoms. The summed E-state index contributed by atoms with van der Waals surface area (Å²) in [4.78, 5) is 0. The van der Waals surface area contributed by atoms with Gasteiger partial charge in [-0.15, -0.1) is 0 Å². The second kappa shape index (κ2) is 5.83. The minimum absolute atomic E-state index is 0.745. The van der Waals surface area contributed by atoms with E-state index in [9.17, 15) is 0 Å². The van der Waals surface area contributed by atoms with Gasteiger partial charge in [0.1, 0.15) is 0 Å². The summed E-state index contributed by atoms with van der Waals surface area (Å²) in [5.74, 6) is 1.49. The van der Waals surface area contributed by atoms with Gasteiger partial charge in [0.05, 0.1) is 0 Å². The maximum atomic E-state index is 2.38. The molecule has 0 aromatic heterocycles. The molecule has 2 aromatic rings. The Bertz CT molecular complexity index is 531. The van der Waals surface area contributed by atoms with Crippen LogP contribution in [0.3, 0.4) is 0 Å². The second-order valence-electron chi connectivity index (χ2n) is 6.39. The van der Waals surface area contributed by atoms with Crippen molar-refractivity contribution in [2.45, 2.75) is 51.4 Å². The maximum absolute atomic E-state index is 2.38. The van der Waals surface area contributed by atoms with E-state index >= 15 is 0 Å². The molecule has 2 atom stereocenters. The summed E-state index contributed by atoms with van der Waals surface area (Å²) < 4.78 is 0.